The van der Waals surface area contributed by atoms with Crippen LogP contribution in [0.3, 0.4) is 0 Å². The standard InChI is InChI=1S/C76H137N23O12/c1-13-47(12)62(99-67(104)55(30-23-35-87-76(84)85)90-64(101)50(80)25-16-19-31-77)74(111)98-61(46(10)11)73(110)92-54(28-18-21-33-79)66(103)93-58(38-44(6)7)70(107)95-59(39-45(8)9)71(108)94-57(37-43(4)5)69(106)91-53(27-17-20-32-78)65(102)97-60(40-48-41-88-51-26-15-14-24-49(48)51)72(109)96-56(36-42(2)3)68(105)89-52(63(81)100)29-22-34-86-75(82)83/h14-15,24,26,41-47,50,52-62,88H,13,16-23,25,27-40,77-80H2,1-12H3,(H2,81,100)(H,89,105)(H,90,101)(H,91,106)(H,92,110)(H,93,103)(H,94,108)(H,95,107)(H,96,109)(H,97,102)(H,98,111)(H,99,104)(H4,82,83,86)(H4,84,85,87)/t47-,50-,52-,53-,54-,55-,56-,57-,58-,59+,60-,61-,62-/m0/s1. The molecule has 1 aromatic heterocycles. The van der Waals surface area contributed by atoms with E-state index >= 15 is 0 Å². The van der Waals surface area contributed by atoms with E-state index < -0.39 is 155 Å². The van der Waals surface area contributed by atoms with Crippen molar-refractivity contribution in [1.82, 2.24) is 63.5 Å². The van der Waals surface area contributed by atoms with E-state index in [4.69, 9.17) is 51.6 Å². The molecule has 1 aromatic carbocycles. The predicted molar refractivity (Wildman–Crippen MR) is 431 cm³/mol. The zero-order valence-corrected chi connectivity index (χ0v) is 67.7. The van der Waals surface area contributed by atoms with Gasteiger partial charge in [0.15, 0.2) is 11.9 Å². The quantitative estimate of drug-likeness (QED) is 0.0220. The van der Waals surface area contributed by atoms with Gasteiger partial charge in [0.2, 0.25) is 70.9 Å². The number of nitrogens with two attached hydrogens (primary N) is 9. The minimum atomic E-state index is -1.36. The zero-order valence-electron chi connectivity index (χ0n) is 67.7. The third-order valence-electron chi connectivity index (χ3n) is 18.8. The highest BCUT2D eigenvalue weighted by atomic mass is 16.2. The molecule has 1 heterocycles. The van der Waals surface area contributed by atoms with Gasteiger partial charge in [0.1, 0.15) is 66.5 Å². The second-order valence-corrected chi connectivity index (χ2v) is 31.0. The van der Waals surface area contributed by atoms with Crippen LogP contribution in [0.25, 0.3) is 10.9 Å². The van der Waals surface area contributed by atoms with Gasteiger partial charge in [-0.2, -0.15) is 0 Å². The lowest BCUT2D eigenvalue weighted by Crippen LogP contribution is -2.62. The highest BCUT2D eigenvalue weighted by molar-refractivity contribution is 6.00. The number of hydrogen-bond acceptors (Lipinski definition) is 18. The number of carbonyl (C=O) groups excluding carboxylic acids is 12. The molecule has 2 aromatic rings. The number of unbranched alkanes of at least 4 members (excludes halogenated alkanes) is 3. The molecule has 0 aliphatic rings. The van der Waals surface area contributed by atoms with Crippen molar-refractivity contribution in [2.24, 2.45) is 97.1 Å². The van der Waals surface area contributed by atoms with Gasteiger partial charge < -0.3 is 115 Å². The fraction of sp³-hybridized carbons (Fsp3) is 0.711. The molecule has 0 radical (unpaired) electrons. The molecule has 0 spiro atoms. The van der Waals surface area contributed by atoms with Crippen LogP contribution < -0.4 is 110 Å². The number of guanidine groups is 2. The Bertz CT molecular complexity index is 3320. The molecule has 0 aliphatic carbocycles. The molecule has 13 atom stereocenters. The number of H-pyrrole nitrogens is 1. The average Bonchev–Trinajstić information content (AvgIpc) is 1.72. The molecule has 12 amide bonds. The summed E-state index contributed by atoms with van der Waals surface area (Å²) in [5.41, 5.74) is 52.8. The number of nitrogens with zero attached hydrogens (tertiary/aromatic N) is 2. The lowest BCUT2D eigenvalue weighted by Gasteiger charge is -2.31. The second kappa shape index (κ2) is 52.1. The van der Waals surface area contributed by atoms with Gasteiger partial charge in [0, 0.05) is 36.6 Å². The van der Waals surface area contributed by atoms with Gasteiger partial charge in [-0.1, -0.05) is 114 Å². The number of aliphatic imine (C=N–C) groups is 2. The third kappa shape index (κ3) is 37.6. The Morgan fingerprint density at radius 3 is 1.10 bits per heavy atom. The summed E-state index contributed by atoms with van der Waals surface area (Å²) in [7, 11) is 0. The highest BCUT2D eigenvalue weighted by Gasteiger charge is 2.39. The van der Waals surface area contributed by atoms with Gasteiger partial charge >= 0.3 is 0 Å². The molecule has 0 saturated carbocycles. The lowest BCUT2D eigenvalue weighted by atomic mass is 9.95. The zero-order chi connectivity index (χ0) is 83.6. The van der Waals surface area contributed by atoms with Crippen molar-refractivity contribution in [3.8, 4) is 0 Å². The first kappa shape index (κ1) is 97.9. The van der Waals surface area contributed by atoms with Crippen LogP contribution in [0, 0.1) is 35.5 Å². The molecule has 0 fully saturated rings. The van der Waals surface area contributed by atoms with Crippen LogP contribution in [0.5, 0.6) is 0 Å². The van der Waals surface area contributed by atoms with E-state index in [1.807, 2.05) is 86.6 Å². The van der Waals surface area contributed by atoms with Crippen molar-refractivity contribution >= 4 is 93.7 Å². The van der Waals surface area contributed by atoms with Crippen molar-refractivity contribution in [3.05, 3.63) is 36.0 Å². The van der Waals surface area contributed by atoms with Gasteiger partial charge in [-0.05, 0) is 170 Å². The maximum absolute atomic E-state index is 14.9. The Hall–Kier alpha value is -9.22. The summed E-state index contributed by atoms with van der Waals surface area (Å²) in [6.45, 7) is 22.8. The molecule has 0 saturated heterocycles. The molecule has 111 heavy (non-hydrogen) atoms. The number of benzene rings is 1. The third-order valence-corrected chi connectivity index (χ3v) is 18.8. The van der Waals surface area contributed by atoms with Crippen LogP contribution in [0.4, 0.5) is 0 Å². The normalized spacial score (nSPS) is 15.0. The summed E-state index contributed by atoms with van der Waals surface area (Å²) in [6.07, 6.45) is 6.31. The lowest BCUT2D eigenvalue weighted by molar-refractivity contribution is -0.137. The number of amides is 12. The number of hydrogen-bond donors (Lipinski definition) is 21. The first-order valence-electron chi connectivity index (χ1n) is 39.5. The highest BCUT2D eigenvalue weighted by Crippen LogP contribution is 2.22. The smallest absolute Gasteiger partial charge is 0.243 e. The number of nitrogens with one attached hydrogen (secondary N) is 12. The topological polar surface area (TPSA) is 612 Å². The number of aromatic amines is 1. The van der Waals surface area contributed by atoms with Crippen molar-refractivity contribution in [2.75, 3.05) is 32.7 Å². The molecular weight excluding hydrogens is 1430 g/mol. The Balaban J connectivity index is 2.56. The minimum Gasteiger partial charge on any atom is -0.370 e. The molecule has 35 heteroatoms. The molecule has 0 unspecified atom stereocenters. The molecular formula is C76H137N23O12. The Kier molecular flexibility index (Phi) is 45.9. The summed E-state index contributed by atoms with van der Waals surface area (Å²) in [4.78, 5) is 183. The number of para-hydroxylation sites is 1. The summed E-state index contributed by atoms with van der Waals surface area (Å²) >= 11 is 0. The molecule has 0 aliphatic heterocycles. The average molecular weight is 1570 g/mol. The van der Waals surface area contributed by atoms with Gasteiger partial charge in [0.05, 0.1) is 6.04 Å². The van der Waals surface area contributed by atoms with Gasteiger partial charge in [-0.25, -0.2) is 0 Å². The van der Waals surface area contributed by atoms with Gasteiger partial charge in [0.25, 0.3) is 0 Å². The van der Waals surface area contributed by atoms with E-state index in [0.717, 1.165) is 10.9 Å². The molecule has 628 valence electrons. The molecule has 35 nitrogen and oxygen atoms in total. The van der Waals surface area contributed by atoms with E-state index in [0.29, 0.717) is 69.9 Å². The first-order chi connectivity index (χ1) is 52.4. The monoisotopic (exact) mass is 1560 g/mol. The van der Waals surface area contributed by atoms with Crippen molar-refractivity contribution in [2.45, 2.75) is 278 Å². The number of aromatic nitrogens is 1. The summed E-state index contributed by atoms with van der Waals surface area (Å²) in [5, 5.41) is 31.6. The number of rotatable bonds is 56. The molecule has 30 N–H and O–H groups in total. The van der Waals surface area contributed by atoms with Crippen LogP contribution in [0.15, 0.2) is 40.4 Å². The van der Waals surface area contributed by atoms with Crippen LogP contribution in [0.2, 0.25) is 0 Å². The fourth-order valence-electron chi connectivity index (χ4n) is 12.4. The van der Waals surface area contributed by atoms with Crippen LogP contribution in [-0.4, -0.2) is 193 Å². The largest absolute Gasteiger partial charge is 0.370 e. The van der Waals surface area contributed by atoms with Crippen LogP contribution in [-0.2, 0) is 64.0 Å². The van der Waals surface area contributed by atoms with Gasteiger partial charge in [-0.3, -0.25) is 67.5 Å². The Labute approximate surface area is 655 Å². The van der Waals surface area contributed by atoms with Crippen molar-refractivity contribution in [1.29, 1.82) is 0 Å². The second-order valence-electron chi connectivity index (χ2n) is 31.0. The summed E-state index contributed by atoms with van der Waals surface area (Å²) in [6, 6.07) is -7.41. The van der Waals surface area contributed by atoms with Gasteiger partial charge in [-0.15, -0.1) is 0 Å². The number of fused-ring (bicyclic) bond motifs is 1. The predicted octanol–water partition coefficient (Wildman–Crippen LogP) is -0.763. The first-order valence-corrected chi connectivity index (χ1v) is 39.5. The van der Waals surface area contributed by atoms with Crippen LogP contribution >= 0.6 is 0 Å². The van der Waals surface area contributed by atoms with Crippen LogP contribution in [0.1, 0.15) is 204 Å². The summed E-state index contributed by atoms with van der Waals surface area (Å²) < 4.78 is 0. The van der Waals surface area contributed by atoms with E-state index in [1.165, 1.54) is 0 Å². The van der Waals surface area contributed by atoms with Crippen molar-refractivity contribution < 1.29 is 57.5 Å². The number of primary amides is 1. The van der Waals surface area contributed by atoms with E-state index in [-0.39, 0.29) is 126 Å². The van der Waals surface area contributed by atoms with E-state index in [9.17, 15) is 57.5 Å². The Morgan fingerprint density at radius 1 is 0.378 bits per heavy atom. The SMILES string of the molecule is CC[C@H](C)[C@H](NC(=O)[C@H](CCCN=C(N)N)NC(=O)[C@@H](N)CCCCN)C(=O)N[C@H](C(=O)N[C@@H](CCCCN)C(=O)N[C@@H](CC(C)C)C(=O)N[C@H](CC(C)C)C(=O)N[C@@H](CC(C)C)C(=O)N[C@@H](CCCCN)C(=O)N[C@@H](Cc1c[nH]c2ccccc12)C(=O)N[C@@H](CC(C)C)C(=O)N[C@@H](CCCN=C(N)N)C(N)=O)C(C)C. The Morgan fingerprint density at radius 2 is 0.703 bits per heavy atom. The van der Waals surface area contributed by atoms with E-state index in [1.54, 1.807) is 27.0 Å². The molecule has 2 rings (SSSR count). The maximum atomic E-state index is 14.9. The molecule has 0 bridgehead atoms. The van der Waals surface area contributed by atoms with Crippen molar-refractivity contribution in [3.63, 3.8) is 0 Å². The fourth-order valence-corrected chi connectivity index (χ4v) is 12.4. The summed E-state index contributed by atoms with van der Waals surface area (Å²) in [5.74, 6) is -11.0. The van der Waals surface area contributed by atoms with E-state index in [2.05, 4.69) is 73.5 Å². The maximum Gasteiger partial charge on any atom is 0.243 e. The number of carbonyl (C=O) groups is 12. The minimum absolute atomic E-state index is 0.0414.